The predicted molar refractivity (Wildman–Crippen MR) is 123 cm³/mol. The van der Waals surface area contributed by atoms with Crippen molar-refractivity contribution in [1.29, 1.82) is 0 Å². The third-order valence-corrected chi connectivity index (χ3v) is 5.71. The molecule has 0 radical (unpaired) electrons. The highest BCUT2D eigenvalue weighted by atomic mass is 32.2. The van der Waals surface area contributed by atoms with Gasteiger partial charge in [-0.25, -0.2) is 0 Å². The van der Waals surface area contributed by atoms with E-state index in [1.165, 1.54) is 11.8 Å². The summed E-state index contributed by atoms with van der Waals surface area (Å²) in [6, 6.07) is 14.8. The maximum Gasteiger partial charge on any atom is 0.251 e. The van der Waals surface area contributed by atoms with Gasteiger partial charge in [0.25, 0.3) is 5.91 Å². The molecule has 0 aliphatic carbocycles. The van der Waals surface area contributed by atoms with Crippen LogP contribution in [0.25, 0.3) is 0 Å². The Morgan fingerprint density at radius 2 is 1.81 bits per heavy atom. The number of aryl methyl sites for hydroxylation is 2. The molecule has 7 nitrogen and oxygen atoms in total. The lowest BCUT2D eigenvalue weighted by Crippen LogP contribution is -2.28. The Balaban J connectivity index is 1.62. The molecule has 0 unspecified atom stereocenters. The number of amides is 2. The first-order chi connectivity index (χ1) is 14.9. The van der Waals surface area contributed by atoms with E-state index >= 15 is 0 Å². The van der Waals surface area contributed by atoms with Gasteiger partial charge in [-0.15, -0.1) is 10.2 Å². The molecule has 1 atom stereocenters. The Bertz CT molecular complexity index is 1060. The minimum absolute atomic E-state index is 0.108. The maximum absolute atomic E-state index is 12.5. The molecule has 3 aromatic rings. The molecule has 0 spiro atoms. The van der Waals surface area contributed by atoms with E-state index in [9.17, 15) is 9.59 Å². The Morgan fingerprint density at radius 3 is 2.48 bits per heavy atom. The van der Waals surface area contributed by atoms with E-state index in [2.05, 4.69) is 20.8 Å². The van der Waals surface area contributed by atoms with Crippen LogP contribution in [0.2, 0.25) is 0 Å². The van der Waals surface area contributed by atoms with E-state index in [0.717, 1.165) is 16.8 Å². The third-order valence-electron chi connectivity index (χ3n) is 4.74. The monoisotopic (exact) mass is 437 g/mol. The summed E-state index contributed by atoms with van der Waals surface area (Å²) in [7, 11) is 0. The first-order valence-corrected chi connectivity index (χ1v) is 11.2. The molecule has 0 aliphatic rings. The maximum atomic E-state index is 12.5. The zero-order chi connectivity index (χ0) is 22.4. The Labute approximate surface area is 186 Å². The van der Waals surface area contributed by atoms with Gasteiger partial charge in [0.15, 0.2) is 11.0 Å². The van der Waals surface area contributed by atoms with Gasteiger partial charge in [0.05, 0.1) is 11.8 Å². The summed E-state index contributed by atoms with van der Waals surface area (Å²) in [6.07, 6.45) is 0. The molecular formula is C23H27N5O2S. The first kappa shape index (κ1) is 22.6. The molecule has 1 heterocycles. The van der Waals surface area contributed by atoms with Crippen molar-refractivity contribution in [3.05, 3.63) is 71.0 Å². The molecular weight excluding hydrogens is 410 g/mol. The number of thioether (sulfide) groups is 1. The second kappa shape index (κ2) is 10.3. The molecule has 0 saturated carbocycles. The average Bonchev–Trinajstić information content (AvgIpc) is 3.16. The Morgan fingerprint density at radius 1 is 1.06 bits per heavy atom. The summed E-state index contributed by atoms with van der Waals surface area (Å²) in [4.78, 5) is 24.8. The standard InChI is InChI=1S/C23H27N5O2S/c1-5-28-21(17(4)24-22(30)18-11-9-15(2)10-12-18)26-27-23(28)31-14-20(29)25-19-8-6-7-16(3)13-19/h6-13,17H,5,14H2,1-4H3,(H,24,30)(H,25,29)/t17-/m1/s1. The van der Waals surface area contributed by atoms with Gasteiger partial charge in [-0.1, -0.05) is 41.6 Å². The molecule has 1 aromatic heterocycles. The van der Waals surface area contributed by atoms with Crippen LogP contribution >= 0.6 is 11.8 Å². The van der Waals surface area contributed by atoms with E-state index < -0.39 is 0 Å². The lowest BCUT2D eigenvalue weighted by atomic mass is 10.1. The number of aromatic nitrogens is 3. The second-order valence-corrected chi connectivity index (χ2v) is 8.30. The molecule has 2 N–H and O–H groups in total. The highest BCUT2D eigenvalue weighted by Crippen LogP contribution is 2.21. The second-order valence-electron chi connectivity index (χ2n) is 7.35. The number of anilines is 1. The summed E-state index contributed by atoms with van der Waals surface area (Å²) in [6.45, 7) is 8.46. The number of benzene rings is 2. The number of carbonyl (C=O) groups is 2. The number of hydrogen-bond donors (Lipinski definition) is 2. The van der Waals surface area contributed by atoms with Crippen molar-refractivity contribution >= 4 is 29.3 Å². The number of carbonyl (C=O) groups excluding carboxylic acids is 2. The summed E-state index contributed by atoms with van der Waals surface area (Å²) in [5.41, 5.74) is 3.56. The number of nitrogens with one attached hydrogen (secondary N) is 2. The van der Waals surface area contributed by atoms with Crippen molar-refractivity contribution in [3.8, 4) is 0 Å². The molecule has 0 fully saturated rings. The van der Waals surface area contributed by atoms with Crippen LogP contribution in [-0.4, -0.2) is 32.3 Å². The molecule has 2 aromatic carbocycles. The van der Waals surface area contributed by atoms with Crippen LogP contribution in [0.3, 0.4) is 0 Å². The van der Waals surface area contributed by atoms with Crippen molar-refractivity contribution < 1.29 is 9.59 Å². The molecule has 2 amide bonds. The van der Waals surface area contributed by atoms with Crippen LogP contribution in [0.5, 0.6) is 0 Å². The summed E-state index contributed by atoms with van der Waals surface area (Å²) >= 11 is 1.32. The van der Waals surface area contributed by atoms with Crippen molar-refractivity contribution in [2.75, 3.05) is 11.1 Å². The van der Waals surface area contributed by atoms with Crippen molar-refractivity contribution in [3.63, 3.8) is 0 Å². The van der Waals surface area contributed by atoms with E-state index in [4.69, 9.17) is 0 Å². The molecule has 0 aliphatic heterocycles. The summed E-state index contributed by atoms with van der Waals surface area (Å²) < 4.78 is 1.92. The van der Waals surface area contributed by atoms with Gasteiger partial charge in [0.1, 0.15) is 0 Å². The number of nitrogens with zero attached hydrogens (tertiary/aromatic N) is 3. The fourth-order valence-corrected chi connectivity index (χ4v) is 3.93. The van der Waals surface area contributed by atoms with Crippen LogP contribution in [-0.2, 0) is 11.3 Å². The minimum Gasteiger partial charge on any atom is -0.342 e. The van der Waals surface area contributed by atoms with E-state index in [1.54, 1.807) is 12.1 Å². The lowest BCUT2D eigenvalue weighted by molar-refractivity contribution is -0.113. The smallest absolute Gasteiger partial charge is 0.251 e. The van der Waals surface area contributed by atoms with Crippen LogP contribution < -0.4 is 10.6 Å². The molecule has 3 rings (SSSR count). The Kier molecular flexibility index (Phi) is 7.46. The van der Waals surface area contributed by atoms with E-state index in [0.29, 0.717) is 23.1 Å². The average molecular weight is 438 g/mol. The zero-order valence-electron chi connectivity index (χ0n) is 18.2. The van der Waals surface area contributed by atoms with Crippen molar-refractivity contribution in [2.45, 2.75) is 45.4 Å². The van der Waals surface area contributed by atoms with Gasteiger partial charge in [0.2, 0.25) is 5.91 Å². The van der Waals surface area contributed by atoms with Crippen LogP contribution in [0, 0.1) is 13.8 Å². The van der Waals surface area contributed by atoms with E-state index in [1.807, 2.05) is 68.7 Å². The van der Waals surface area contributed by atoms with Crippen LogP contribution in [0.1, 0.15) is 47.2 Å². The molecule has 8 heteroatoms. The normalized spacial score (nSPS) is 11.7. The summed E-state index contributed by atoms with van der Waals surface area (Å²) in [5.74, 6) is 0.605. The van der Waals surface area contributed by atoms with Crippen LogP contribution in [0.4, 0.5) is 5.69 Å². The zero-order valence-corrected chi connectivity index (χ0v) is 19.0. The van der Waals surface area contributed by atoms with Gasteiger partial charge < -0.3 is 15.2 Å². The topological polar surface area (TPSA) is 88.9 Å². The van der Waals surface area contributed by atoms with Gasteiger partial charge in [-0.2, -0.15) is 0 Å². The van der Waals surface area contributed by atoms with Gasteiger partial charge >= 0.3 is 0 Å². The molecule has 0 saturated heterocycles. The van der Waals surface area contributed by atoms with Gasteiger partial charge in [0, 0.05) is 17.8 Å². The third kappa shape index (κ3) is 5.95. The SMILES string of the molecule is CCn1c(SCC(=O)Nc2cccc(C)c2)nnc1[C@@H](C)NC(=O)c1ccc(C)cc1. The number of hydrogen-bond acceptors (Lipinski definition) is 5. The fraction of sp³-hybridized carbons (Fsp3) is 0.304. The molecule has 162 valence electrons. The van der Waals surface area contributed by atoms with Crippen molar-refractivity contribution in [2.24, 2.45) is 0 Å². The summed E-state index contributed by atoms with van der Waals surface area (Å²) in [5, 5.41) is 15.0. The van der Waals surface area contributed by atoms with E-state index in [-0.39, 0.29) is 23.6 Å². The minimum atomic E-state index is -0.322. The highest BCUT2D eigenvalue weighted by molar-refractivity contribution is 7.99. The predicted octanol–water partition coefficient (Wildman–Crippen LogP) is 4.14. The van der Waals surface area contributed by atoms with Crippen molar-refractivity contribution in [1.82, 2.24) is 20.1 Å². The Hall–Kier alpha value is -3.13. The van der Waals surface area contributed by atoms with Gasteiger partial charge in [-0.3, -0.25) is 9.59 Å². The number of rotatable bonds is 8. The van der Waals surface area contributed by atoms with Crippen LogP contribution in [0.15, 0.2) is 53.7 Å². The highest BCUT2D eigenvalue weighted by Gasteiger charge is 2.20. The molecule has 31 heavy (non-hydrogen) atoms. The fourth-order valence-electron chi connectivity index (χ4n) is 3.12. The first-order valence-electron chi connectivity index (χ1n) is 10.2. The lowest BCUT2D eigenvalue weighted by Gasteiger charge is -2.15. The van der Waals surface area contributed by atoms with Gasteiger partial charge in [-0.05, 0) is 57.5 Å². The molecule has 0 bridgehead atoms. The largest absolute Gasteiger partial charge is 0.342 e. The quantitative estimate of drug-likeness (QED) is 0.517.